The first-order valence-corrected chi connectivity index (χ1v) is 6.99. The number of hydrogen-bond acceptors (Lipinski definition) is 2. The molecule has 1 aliphatic rings. The first kappa shape index (κ1) is 12.6. The van der Waals surface area contributed by atoms with E-state index in [1.807, 2.05) is 12.4 Å². The molecule has 1 aromatic rings. The van der Waals surface area contributed by atoms with E-state index in [0.717, 1.165) is 5.92 Å². The number of likely N-dealkylation sites (tertiary alicyclic amines) is 1. The lowest BCUT2D eigenvalue weighted by molar-refractivity contribution is 0.180. The van der Waals surface area contributed by atoms with Crippen molar-refractivity contribution >= 4 is 0 Å². The molecule has 0 N–H and O–H groups in total. The van der Waals surface area contributed by atoms with E-state index in [2.05, 4.69) is 28.9 Å². The molecule has 0 atom stereocenters. The predicted octanol–water partition coefficient (Wildman–Crippen LogP) is 3.14. The molecular formula is C15H24N2. The van der Waals surface area contributed by atoms with Crippen molar-refractivity contribution in [2.45, 2.75) is 39.0 Å². The van der Waals surface area contributed by atoms with E-state index >= 15 is 0 Å². The van der Waals surface area contributed by atoms with Gasteiger partial charge in [0.25, 0.3) is 0 Å². The van der Waals surface area contributed by atoms with E-state index in [-0.39, 0.29) is 0 Å². The van der Waals surface area contributed by atoms with Gasteiger partial charge in [0.1, 0.15) is 0 Å². The molecule has 2 heterocycles. The molecule has 0 aliphatic carbocycles. The highest BCUT2D eigenvalue weighted by molar-refractivity contribution is 5.09. The lowest BCUT2D eigenvalue weighted by Gasteiger charge is -2.31. The number of hydrogen-bond donors (Lipinski definition) is 0. The van der Waals surface area contributed by atoms with Gasteiger partial charge in [0.15, 0.2) is 0 Å². The van der Waals surface area contributed by atoms with Crippen LogP contribution in [0.25, 0.3) is 0 Å². The molecule has 17 heavy (non-hydrogen) atoms. The summed E-state index contributed by atoms with van der Waals surface area (Å²) in [6.45, 7) is 6.12. The zero-order valence-corrected chi connectivity index (χ0v) is 10.9. The Bertz CT molecular complexity index is 302. The van der Waals surface area contributed by atoms with Crippen molar-refractivity contribution in [1.82, 2.24) is 9.88 Å². The standard InChI is InChI=1S/C15H24N2/c1-2-3-14-6-11-17(12-7-14)13-8-15-4-9-16-10-5-15/h4-5,9-10,14H,2-3,6-8,11-13H2,1H3. The van der Waals surface area contributed by atoms with Crippen LogP contribution in [0.2, 0.25) is 0 Å². The van der Waals surface area contributed by atoms with Gasteiger partial charge in [-0.15, -0.1) is 0 Å². The molecule has 1 aromatic heterocycles. The summed E-state index contributed by atoms with van der Waals surface area (Å²) >= 11 is 0. The van der Waals surface area contributed by atoms with Gasteiger partial charge in [-0.25, -0.2) is 0 Å². The third kappa shape index (κ3) is 4.12. The third-order valence-corrected chi connectivity index (χ3v) is 3.87. The molecule has 2 heteroatoms. The van der Waals surface area contributed by atoms with Crippen LogP contribution in [0.1, 0.15) is 38.2 Å². The van der Waals surface area contributed by atoms with E-state index < -0.39 is 0 Å². The molecule has 1 aliphatic heterocycles. The molecule has 0 spiro atoms. The second-order valence-electron chi connectivity index (χ2n) is 5.18. The topological polar surface area (TPSA) is 16.1 Å². The van der Waals surface area contributed by atoms with Gasteiger partial charge in [0.2, 0.25) is 0 Å². The van der Waals surface area contributed by atoms with Gasteiger partial charge < -0.3 is 4.90 Å². The Balaban J connectivity index is 1.68. The summed E-state index contributed by atoms with van der Waals surface area (Å²) in [7, 11) is 0. The van der Waals surface area contributed by atoms with Crippen LogP contribution in [0.4, 0.5) is 0 Å². The molecular weight excluding hydrogens is 208 g/mol. The largest absolute Gasteiger partial charge is 0.303 e. The number of nitrogens with zero attached hydrogens (tertiary/aromatic N) is 2. The normalized spacial score (nSPS) is 18.4. The van der Waals surface area contributed by atoms with E-state index in [9.17, 15) is 0 Å². The number of piperidine rings is 1. The summed E-state index contributed by atoms with van der Waals surface area (Å²) < 4.78 is 0. The Labute approximate surface area is 105 Å². The van der Waals surface area contributed by atoms with Gasteiger partial charge in [-0.3, -0.25) is 4.98 Å². The molecule has 0 bridgehead atoms. The van der Waals surface area contributed by atoms with Crippen molar-refractivity contribution in [1.29, 1.82) is 0 Å². The number of rotatable bonds is 5. The van der Waals surface area contributed by atoms with Crippen molar-refractivity contribution in [2.24, 2.45) is 5.92 Å². The minimum absolute atomic E-state index is 0.997. The Morgan fingerprint density at radius 1 is 1.24 bits per heavy atom. The predicted molar refractivity (Wildman–Crippen MR) is 72.0 cm³/mol. The molecule has 0 radical (unpaired) electrons. The quantitative estimate of drug-likeness (QED) is 0.775. The summed E-state index contributed by atoms with van der Waals surface area (Å²) in [6.07, 6.45) is 10.5. The molecule has 0 amide bonds. The van der Waals surface area contributed by atoms with Gasteiger partial charge in [0.05, 0.1) is 0 Å². The highest BCUT2D eigenvalue weighted by Crippen LogP contribution is 2.21. The van der Waals surface area contributed by atoms with Crippen LogP contribution in [-0.2, 0) is 6.42 Å². The van der Waals surface area contributed by atoms with Crippen molar-refractivity contribution in [3.63, 3.8) is 0 Å². The number of aromatic nitrogens is 1. The molecule has 1 fully saturated rings. The lowest BCUT2D eigenvalue weighted by Crippen LogP contribution is -2.35. The van der Waals surface area contributed by atoms with Crippen LogP contribution in [0.3, 0.4) is 0 Å². The van der Waals surface area contributed by atoms with Crippen LogP contribution >= 0.6 is 0 Å². The van der Waals surface area contributed by atoms with Gasteiger partial charge in [-0.1, -0.05) is 19.8 Å². The molecule has 0 aromatic carbocycles. The van der Waals surface area contributed by atoms with Crippen LogP contribution in [0, 0.1) is 5.92 Å². The second kappa shape index (κ2) is 6.75. The Morgan fingerprint density at radius 3 is 2.59 bits per heavy atom. The maximum absolute atomic E-state index is 4.06. The van der Waals surface area contributed by atoms with Crippen molar-refractivity contribution < 1.29 is 0 Å². The van der Waals surface area contributed by atoms with Crippen molar-refractivity contribution in [2.75, 3.05) is 19.6 Å². The molecule has 0 unspecified atom stereocenters. The summed E-state index contributed by atoms with van der Waals surface area (Å²) in [5, 5.41) is 0. The maximum atomic E-state index is 4.06. The number of pyridine rings is 1. The third-order valence-electron chi connectivity index (χ3n) is 3.87. The molecule has 2 nitrogen and oxygen atoms in total. The van der Waals surface area contributed by atoms with Gasteiger partial charge in [0, 0.05) is 18.9 Å². The van der Waals surface area contributed by atoms with E-state index in [4.69, 9.17) is 0 Å². The molecule has 94 valence electrons. The first-order valence-electron chi connectivity index (χ1n) is 6.99. The molecule has 2 rings (SSSR count). The summed E-state index contributed by atoms with van der Waals surface area (Å²) in [6, 6.07) is 4.26. The summed E-state index contributed by atoms with van der Waals surface area (Å²) in [5.41, 5.74) is 1.41. The maximum Gasteiger partial charge on any atom is 0.0270 e. The Hall–Kier alpha value is -0.890. The Kier molecular flexibility index (Phi) is 4.99. The van der Waals surface area contributed by atoms with Crippen LogP contribution in [0.5, 0.6) is 0 Å². The van der Waals surface area contributed by atoms with Crippen LogP contribution in [0.15, 0.2) is 24.5 Å². The van der Waals surface area contributed by atoms with Crippen molar-refractivity contribution in [3.8, 4) is 0 Å². The first-order chi connectivity index (χ1) is 8.38. The zero-order valence-electron chi connectivity index (χ0n) is 10.9. The monoisotopic (exact) mass is 232 g/mol. The SMILES string of the molecule is CCCC1CCN(CCc2ccncc2)CC1. The van der Waals surface area contributed by atoms with Gasteiger partial charge >= 0.3 is 0 Å². The van der Waals surface area contributed by atoms with Crippen LogP contribution < -0.4 is 0 Å². The smallest absolute Gasteiger partial charge is 0.0270 e. The summed E-state index contributed by atoms with van der Waals surface area (Å²) in [4.78, 5) is 6.67. The van der Waals surface area contributed by atoms with Crippen molar-refractivity contribution in [3.05, 3.63) is 30.1 Å². The fourth-order valence-electron chi connectivity index (χ4n) is 2.74. The molecule has 1 saturated heterocycles. The minimum atomic E-state index is 0.997. The van der Waals surface area contributed by atoms with E-state index in [0.29, 0.717) is 0 Å². The van der Waals surface area contributed by atoms with Gasteiger partial charge in [-0.2, -0.15) is 0 Å². The zero-order chi connectivity index (χ0) is 11.9. The summed E-state index contributed by atoms with van der Waals surface area (Å²) in [5.74, 6) is 0.997. The lowest BCUT2D eigenvalue weighted by atomic mass is 9.92. The molecule has 0 saturated carbocycles. The highest BCUT2D eigenvalue weighted by atomic mass is 15.1. The average Bonchev–Trinajstić information content (AvgIpc) is 2.40. The van der Waals surface area contributed by atoms with Gasteiger partial charge in [-0.05, 0) is 56.0 Å². The average molecular weight is 232 g/mol. The van der Waals surface area contributed by atoms with E-state index in [1.165, 1.54) is 57.3 Å². The fourth-order valence-corrected chi connectivity index (χ4v) is 2.74. The van der Waals surface area contributed by atoms with Crippen LogP contribution in [-0.4, -0.2) is 29.5 Å². The highest BCUT2D eigenvalue weighted by Gasteiger charge is 2.17. The minimum Gasteiger partial charge on any atom is -0.303 e. The second-order valence-corrected chi connectivity index (χ2v) is 5.18. The van der Waals surface area contributed by atoms with E-state index in [1.54, 1.807) is 0 Å². The Morgan fingerprint density at radius 2 is 1.94 bits per heavy atom. The fraction of sp³-hybridized carbons (Fsp3) is 0.667.